The predicted molar refractivity (Wildman–Crippen MR) is 63.8 cm³/mol. The average molecular weight is 304 g/mol. The molecule has 0 aromatic rings. The lowest BCUT2D eigenvalue weighted by molar-refractivity contribution is -0.119. The van der Waals surface area contributed by atoms with Crippen molar-refractivity contribution in [3.05, 3.63) is 0 Å². The van der Waals surface area contributed by atoms with Crippen LogP contribution in [0.15, 0.2) is 0 Å². The lowest BCUT2D eigenvalue weighted by Crippen LogP contribution is -2.30. The van der Waals surface area contributed by atoms with Crippen molar-refractivity contribution in [3.63, 3.8) is 0 Å². The van der Waals surface area contributed by atoms with E-state index in [1.807, 2.05) is 0 Å². The molecule has 0 aromatic heterocycles. The molecule has 0 fully saturated rings. The molecule has 0 saturated carbocycles. The van der Waals surface area contributed by atoms with Crippen molar-refractivity contribution in [1.82, 2.24) is 5.32 Å². The fraction of sp³-hybridized carbons (Fsp3) is 0.857. The Labute approximate surface area is 104 Å². The number of nitrogens with one attached hydrogen (secondary N) is 1. The maximum atomic E-state index is 10.9. The van der Waals surface area contributed by atoms with Gasteiger partial charge in [-0.25, -0.2) is 0 Å². The van der Waals surface area contributed by atoms with E-state index in [1.54, 1.807) is 0 Å². The monoisotopic (exact) mass is 304 g/mol. The molecule has 0 rings (SSSR count). The second-order valence-electron chi connectivity index (χ2n) is 3.71. The average Bonchev–Trinajstić information content (AvgIpc) is 2.18. The van der Waals surface area contributed by atoms with E-state index in [0.717, 1.165) is 0 Å². The van der Waals surface area contributed by atoms with Crippen molar-refractivity contribution in [2.75, 3.05) is 13.1 Å². The number of unbranched alkanes of at least 4 members (excludes halogenated alkanes) is 1. The van der Waals surface area contributed by atoms with Gasteiger partial charge in [0.25, 0.3) is 0 Å². The molecule has 0 aliphatic rings. The first-order valence-corrected chi connectivity index (χ1v) is 8.52. The third-order valence-electron chi connectivity index (χ3n) is 2.17. The van der Waals surface area contributed by atoms with Gasteiger partial charge in [-0.3, -0.25) is 13.9 Å². The fourth-order valence-corrected chi connectivity index (χ4v) is 3.89. The van der Waals surface area contributed by atoms with Gasteiger partial charge in [0.1, 0.15) is 0 Å². The number of nitrogens with two attached hydrogens (primary N) is 1. The highest BCUT2D eigenvalue weighted by Crippen LogP contribution is 2.61. The summed E-state index contributed by atoms with van der Waals surface area (Å²) in [4.78, 5) is 46.1. The highest BCUT2D eigenvalue weighted by Gasteiger charge is 2.42. The molecule has 0 heterocycles. The molecule has 0 unspecified atom stereocenters. The molecule has 0 aliphatic heterocycles. The van der Waals surface area contributed by atoms with Crippen LogP contribution in [0.1, 0.15) is 19.3 Å². The minimum atomic E-state index is -4.84. The molecule has 108 valence electrons. The van der Waals surface area contributed by atoms with E-state index in [2.05, 4.69) is 5.32 Å². The summed E-state index contributed by atoms with van der Waals surface area (Å²) in [5.41, 5.74) is 5.03. The molecule has 11 heteroatoms. The van der Waals surface area contributed by atoms with Crippen LogP contribution < -0.4 is 11.1 Å². The molecule has 0 spiro atoms. The minimum Gasteiger partial charge on any atom is -0.355 e. The van der Waals surface area contributed by atoms with Crippen LogP contribution in [0.3, 0.4) is 0 Å². The Morgan fingerprint density at radius 2 is 1.61 bits per heavy atom. The Kier molecular flexibility index (Phi) is 7.24. The molecular weight excluding hydrogens is 286 g/mol. The zero-order valence-corrected chi connectivity index (χ0v) is 11.4. The Balaban J connectivity index is 4.12. The Hall–Kier alpha value is -0.270. The second kappa shape index (κ2) is 7.35. The van der Waals surface area contributed by atoms with E-state index in [4.69, 9.17) is 25.3 Å². The van der Waals surface area contributed by atoms with E-state index in [-0.39, 0.29) is 31.8 Å². The van der Waals surface area contributed by atoms with Crippen molar-refractivity contribution < 1.29 is 33.5 Å². The SMILES string of the molecule is NCC(=O)NCCCCC(P(=O)(O)O)P(=O)(O)O. The lowest BCUT2D eigenvalue weighted by Gasteiger charge is -2.19. The summed E-state index contributed by atoms with van der Waals surface area (Å²) in [6.45, 7) is 0.0820. The van der Waals surface area contributed by atoms with Gasteiger partial charge in [-0.1, -0.05) is 6.42 Å². The quantitative estimate of drug-likeness (QED) is 0.243. The molecule has 7 N–H and O–H groups in total. The second-order valence-corrected chi connectivity index (χ2v) is 7.72. The zero-order chi connectivity index (χ0) is 14.4. The van der Waals surface area contributed by atoms with Gasteiger partial charge in [0.15, 0.2) is 5.40 Å². The van der Waals surface area contributed by atoms with Gasteiger partial charge in [-0.15, -0.1) is 0 Å². The van der Waals surface area contributed by atoms with Crippen molar-refractivity contribution >= 4 is 21.1 Å². The number of hydrogen-bond acceptors (Lipinski definition) is 4. The first-order valence-electron chi connectivity index (χ1n) is 5.16. The van der Waals surface area contributed by atoms with Crippen LogP contribution in [0, 0.1) is 0 Å². The third kappa shape index (κ3) is 7.23. The molecule has 0 radical (unpaired) electrons. The molecule has 0 saturated heterocycles. The van der Waals surface area contributed by atoms with Crippen LogP contribution in [0.4, 0.5) is 0 Å². The summed E-state index contributed by atoms with van der Waals surface area (Å²) in [5, 5.41) is 0.455. The van der Waals surface area contributed by atoms with Crippen molar-refractivity contribution in [2.45, 2.75) is 24.7 Å². The maximum absolute atomic E-state index is 10.9. The molecule has 0 aliphatic carbocycles. The number of carbonyl (C=O) groups is 1. The number of rotatable bonds is 8. The topological polar surface area (TPSA) is 170 Å². The molecule has 0 bridgehead atoms. The molecule has 0 aromatic carbocycles. The summed E-state index contributed by atoms with van der Waals surface area (Å²) in [6.07, 6.45) is 0.209. The Morgan fingerprint density at radius 3 is 2.00 bits per heavy atom. The van der Waals surface area contributed by atoms with Crippen molar-refractivity contribution in [2.24, 2.45) is 5.73 Å². The van der Waals surface area contributed by atoms with Crippen LogP contribution in [-0.2, 0) is 13.9 Å². The summed E-state index contributed by atoms with van der Waals surface area (Å²) >= 11 is 0. The van der Waals surface area contributed by atoms with Crippen molar-refractivity contribution in [3.8, 4) is 0 Å². The molecule has 1 amide bonds. The van der Waals surface area contributed by atoms with Crippen LogP contribution in [0.5, 0.6) is 0 Å². The Morgan fingerprint density at radius 1 is 1.11 bits per heavy atom. The van der Waals surface area contributed by atoms with Gasteiger partial charge in [0, 0.05) is 6.54 Å². The highest BCUT2D eigenvalue weighted by atomic mass is 31.2. The number of amides is 1. The molecule has 0 atom stereocenters. The van der Waals surface area contributed by atoms with Gasteiger partial charge in [0.05, 0.1) is 6.54 Å². The van der Waals surface area contributed by atoms with Crippen molar-refractivity contribution in [1.29, 1.82) is 0 Å². The first kappa shape index (κ1) is 17.7. The fourth-order valence-electron chi connectivity index (χ4n) is 1.28. The smallest absolute Gasteiger partial charge is 0.340 e. The maximum Gasteiger partial charge on any atom is 0.340 e. The van der Waals surface area contributed by atoms with E-state index in [1.165, 1.54) is 0 Å². The standard InChI is InChI=1S/C7H18N2O7P2/c8-5-6(10)9-4-2-1-3-7(17(11,12)13)18(14,15)16/h7H,1-5,8H2,(H,9,10)(H2,11,12,13)(H2,14,15,16). The van der Waals surface area contributed by atoms with Gasteiger partial charge >= 0.3 is 15.2 Å². The number of carbonyl (C=O) groups excluding carboxylic acids is 1. The van der Waals surface area contributed by atoms with Gasteiger partial charge in [-0.05, 0) is 12.8 Å². The van der Waals surface area contributed by atoms with E-state index >= 15 is 0 Å². The normalized spacial score (nSPS) is 12.8. The summed E-state index contributed by atoms with van der Waals surface area (Å²) < 4.78 is 21.8. The Bertz CT molecular complexity index is 341. The third-order valence-corrected chi connectivity index (χ3v) is 6.05. The van der Waals surface area contributed by atoms with Crippen LogP contribution in [0.2, 0.25) is 0 Å². The summed E-state index contributed by atoms with van der Waals surface area (Å²) in [6, 6.07) is 0. The first-order chi connectivity index (χ1) is 8.09. The van der Waals surface area contributed by atoms with E-state index in [9.17, 15) is 13.9 Å². The van der Waals surface area contributed by atoms with Crippen LogP contribution in [-0.4, -0.2) is 44.0 Å². The van der Waals surface area contributed by atoms with Gasteiger partial charge in [-0.2, -0.15) is 0 Å². The van der Waals surface area contributed by atoms with E-state index in [0.29, 0.717) is 6.42 Å². The summed E-state index contributed by atoms with van der Waals surface area (Å²) in [7, 11) is -9.68. The van der Waals surface area contributed by atoms with Gasteiger partial charge in [0.2, 0.25) is 5.91 Å². The summed E-state index contributed by atoms with van der Waals surface area (Å²) in [5.74, 6) is -0.364. The highest BCUT2D eigenvalue weighted by molar-refractivity contribution is 7.70. The molecule has 9 nitrogen and oxygen atoms in total. The van der Waals surface area contributed by atoms with Crippen LogP contribution in [0.25, 0.3) is 0 Å². The minimum absolute atomic E-state index is 0.159. The lowest BCUT2D eigenvalue weighted by atomic mass is 10.2. The molecular formula is C7H18N2O7P2. The number of hydrogen-bond donors (Lipinski definition) is 6. The van der Waals surface area contributed by atoms with Gasteiger partial charge < -0.3 is 30.6 Å². The van der Waals surface area contributed by atoms with E-state index < -0.39 is 20.6 Å². The van der Waals surface area contributed by atoms with Crippen LogP contribution >= 0.6 is 15.2 Å². The predicted octanol–water partition coefficient (Wildman–Crippen LogP) is -1.09. The largest absolute Gasteiger partial charge is 0.355 e. The molecule has 18 heavy (non-hydrogen) atoms. The zero-order valence-electron chi connectivity index (χ0n) is 9.60.